The van der Waals surface area contributed by atoms with Crippen LogP contribution in [0, 0.1) is 11.7 Å². The third-order valence-corrected chi connectivity index (χ3v) is 3.57. The molecule has 3 heteroatoms. The van der Waals surface area contributed by atoms with Crippen molar-refractivity contribution >= 4 is 6.08 Å². The monoisotopic (exact) mass is 262 g/mol. The lowest BCUT2D eigenvalue weighted by Crippen LogP contribution is -2.36. The van der Waals surface area contributed by atoms with Crippen LogP contribution in [0.2, 0.25) is 0 Å². The Morgan fingerprint density at radius 1 is 1.37 bits per heavy atom. The van der Waals surface area contributed by atoms with Gasteiger partial charge >= 0.3 is 0 Å². The number of likely N-dealkylation sites (N-methyl/N-ethyl adjacent to an activating group) is 1. The summed E-state index contributed by atoms with van der Waals surface area (Å²) >= 11 is 0. The predicted octanol–water partition coefficient (Wildman–Crippen LogP) is 2.77. The molecule has 0 saturated carbocycles. The fraction of sp³-hybridized carbons (Fsp3) is 0.500. The zero-order valence-electron chi connectivity index (χ0n) is 11.6. The normalized spacial score (nSPS) is 20.3. The lowest BCUT2D eigenvalue weighted by Gasteiger charge is -2.26. The molecule has 0 aromatic heterocycles. The Morgan fingerprint density at radius 3 is 2.84 bits per heavy atom. The summed E-state index contributed by atoms with van der Waals surface area (Å²) in [5.41, 5.74) is 1.05. The lowest BCUT2D eigenvalue weighted by atomic mass is 9.99. The molecule has 1 aromatic carbocycles. The van der Waals surface area contributed by atoms with Gasteiger partial charge in [0.15, 0.2) is 0 Å². The fourth-order valence-corrected chi connectivity index (χ4v) is 2.54. The minimum absolute atomic E-state index is 0.181. The minimum atomic E-state index is -0.181. The van der Waals surface area contributed by atoms with E-state index in [9.17, 15) is 4.39 Å². The summed E-state index contributed by atoms with van der Waals surface area (Å²) in [6.07, 6.45) is 6.82. The van der Waals surface area contributed by atoms with Crippen LogP contribution in [0.3, 0.4) is 0 Å². The van der Waals surface area contributed by atoms with E-state index in [2.05, 4.69) is 29.4 Å². The van der Waals surface area contributed by atoms with E-state index in [1.165, 1.54) is 31.5 Å². The van der Waals surface area contributed by atoms with E-state index in [0.717, 1.165) is 31.1 Å². The van der Waals surface area contributed by atoms with Gasteiger partial charge in [0, 0.05) is 13.1 Å². The van der Waals surface area contributed by atoms with Gasteiger partial charge in [0.2, 0.25) is 0 Å². The van der Waals surface area contributed by atoms with Crippen LogP contribution < -0.4 is 5.32 Å². The van der Waals surface area contributed by atoms with Gasteiger partial charge in [0.05, 0.1) is 0 Å². The number of benzene rings is 1. The van der Waals surface area contributed by atoms with Crippen LogP contribution in [0.5, 0.6) is 0 Å². The van der Waals surface area contributed by atoms with Crippen LogP contribution in [-0.2, 0) is 0 Å². The largest absolute Gasteiger partial charge is 0.316 e. The Balaban J connectivity index is 1.73. The summed E-state index contributed by atoms with van der Waals surface area (Å²) in [4.78, 5) is 2.34. The SMILES string of the molecule is CN(CC=Cc1ccc(F)cc1)CC1CCCNC1. The second kappa shape index (κ2) is 7.41. The zero-order valence-corrected chi connectivity index (χ0v) is 11.6. The molecular weight excluding hydrogens is 239 g/mol. The molecule has 0 spiro atoms. The van der Waals surface area contributed by atoms with E-state index >= 15 is 0 Å². The van der Waals surface area contributed by atoms with E-state index in [0.29, 0.717) is 0 Å². The summed E-state index contributed by atoms with van der Waals surface area (Å²) < 4.78 is 12.8. The summed E-state index contributed by atoms with van der Waals surface area (Å²) in [5, 5.41) is 3.45. The average Bonchev–Trinajstić information content (AvgIpc) is 2.42. The fourth-order valence-electron chi connectivity index (χ4n) is 2.54. The van der Waals surface area contributed by atoms with Crippen molar-refractivity contribution < 1.29 is 4.39 Å². The van der Waals surface area contributed by atoms with Crippen LogP contribution in [0.15, 0.2) is 30.3 Å². The van der Waals surface area contributed by atoms with Gasteiger partial charge in [-0.1, -0.05) is 24.3 Å². The van der Waals surface area contributed by atoms with E-state index < -0.39 is 0 Å². The highest BCUT2D eigenvalue weighted by atomic mass is 19.1. The molecule has 1 aromatic rings. The number of piperidine rings is 1. The van der Waals surface area contributed by atoms with Gasteiger partial charge in [-0.25, -0.2) is 4.39 Å². The van der Waals surface area contributed by atoms with Crippen molar-refractivity contribution in [3.8, 4) is 0 Å². The number of hydrogen-bond acceptors (Lipinski definition) is 2. The van der Waals surface area contributed by atoms with Crippen molar-refractivity contribution in [1.29, 1.82) is 0 Å². The number of rotatable bonds is 5. The molecule has 19 heavy (non-hydrogen) atoms. The predicted molar refractivity (Wildman–Crippen MR) is 78.5 cm³/mol. The first-order valence-electron chi connectivity index (χ1n) is 7.05. The maximum absolute atomic E-state index is 12.8. The standard InChI is InChI=1S/C16H23FN2/c1-19(13-15-4-2-10-18-12-15)11-3-5-14-6-8-16(17)9-7-14/h3,5-9,15,18H,2,4,10-13H2,1H3. The lowest BCUT2D eigenvalue weighted by molar-refractivity contribution is 0.260. The van der Waals surface area contributed by atoms with Crippen molar-refractivity contribution in [3.63, 3.8) is 0 Å². The van der Waals surface area contributed by atoms with Crippen molar-refractivity contribution in [2.24, 2.45) is 5.92 Å². The van der Waals surface area contributed by atoms with Crippen molar-refractivity contribution in [2.75, 3.05) is 33.2 Å². The van der Waals surface area contributed by atoms with Crippen molar-refractivity contribution in [2.45, 2.75) is 12.8 Å². The second-order valence-electron chi connectivity index (χ2n) is 5.39. The molecule has 1 aliphatic rings. The molecule has 0 radical (unpaired) electrons. The van der Waals surface area contributed by atoms with Gasteiger partial charge in [-0.3, -0.25) is 0 Å². The molecule has 0 aliphatic carbocycles. The minimum Gasteiger partial charge on any atom is -0.316 e. The molecular formula is C16H23FN2. The molecule has 1 saturated heterocycles. The number of hydrogen-bond donors (Lipinski definition) is 1. The Kier molecular flexibility index (Phi) is 5.55. The van der Waals surface area contributed by atoms with E-state index in [1.807, 2.05) is 0 Å². The summed E-state index contributed by atoms with van der Waals surface area (Å²) in [6, 6.07) is 6.60. The van der Waals surface area contributed by atoms with E-state index in [1.54, 1.807) is 12.1 Å². The topological polar surface area (TPSA) is 15.3 Å². The van der Waals surface area contributed by atoms with Gasteiger partial charge in [0.25, 0.3) is 0 Å². The molecule has 104 valence electrons. The molecule has 0 amide bonds. The maximum atomic E-state index is 12.8. The molecule has 2 rings (SSSR count). The maximum Gasteiger partial charge on any atom is 0.123 e. The van der Waals surface area contributed by atoms with Crippen LogP contribution in [0.4, 0.5) is 4.39 Å². The molecule has 2 nitrogen and oxygen atoms in total. The average molecular weight is 262 g/mol. The van der Waals surface area contributed by atoms with Gasteiger partial charge in [-0.05, 0) is 56.6 Å². The third-order valence-electron chi connectivity index (χ3n) is 3.57. The summed E-state index contributed by atoms with van der Waals surface area (Å²) in [7, 11) is 2.16. The Morgan fingerprint density at radius 2 is 2.16 bits per heavy atom. The van der Waals surface area contributed by atoms with Crippen LogP contribution in [0.25, 0.3) is 6.08 Å². The first-order chi connectivity index (χ1) is 9.24. The molecule has 1 aliphatic heterocycles. The molecule has 1 N–H and O–H groups in total. The smallest absolute Gasteiger partial charge is 0.123 e. The Bertz CT molecular complexity index is 394. The first-order valence-corrected chi connectivity index (χ1v) is 7.05. The summed E-state index contributed by atoms with van der Waals surface area (Å²) in [6.45, 7) is 4.39. The zero-order chi connectivity index (χ0) is 13.5. The van der Waals surface area contributed by atoms with Crippen LogP contribution in [0.1, 0.15) is 18.4 Å². The third kappa shape index (κ3) is 5.13. The van der Waals surface area contributed by atoms with Gasteiger partial charge in [-0.2, -0.15) is 0 Å². The highest BCUT2D eigenvalue weighted by molar-refractivity contribution is 5.48. The van der Waals surface area contributed by atoms with E-state index in [-0.39, 0.29) is 5.82 Å². The highest BCUT2D eigenvalue weighted by Gasteiger charge is 2.13. The molecule has 1 heterocycles. The quantitative estimate of drug-likeness (QED) is 0.878. The van der Waals surface area contributed by atoms with Gasteiger partial charge in [-0.15, -0.1) is 0 Å². The van der Waals surface area contributed by atoms with Crippen molar-refractivity contribution in [3.05, 3.63) is 41.7 Å². The number of nitrogens with one attached hydrogen (secondary N) is 1. The van der Waals surface area contributed by atoms with Crippen molar-refractivity contribution in [1.82, 2.24) is 10.2 Å². The molecule has 1 atom stereocenters. The molecule has 1 unspecified atom stereocenters. The highest BCUT2D eigenvalue weighted by Crippen LogP contribution is 2.11. The Hall–Kier alpha value is -1.19. The number of nitrogens with zero attached hydrogens (tertiary/aromatic N) is 1. The second-order valence-corrected chi connectivity index (χ2v) is 5.39. The first kappa shape index (κ1) is 14.2. The van der Waals surface area contributed by atoms with Crippen LogP contribution in [-0.4, -0.2) is 38.1 Å². The summed E-state index contributed by atoms with van der Waals surface area (Å²) in [5.74, 6) is 0.594. The van der Waals surface area contributed by atoms with Gasteiger partial charge in [0.1, 0.15) is 5.82 Å². The van der Waals surface area contributed by atoms with Gasteiger partial charge < -0.3 is 10.2 Å². The van der Waals surface area contributed by atoms with E-state index in [4.69, 9.17) is 0 Å². The number of halogens is 1. The molecule has 1 fully saturated rings. The van der Waals surface area contributed by atoms with Crippen LogP contribution >= 0.6 is 0 Å². The Labute approximate surface area is 115 Å². The molecule has 0 bridgehead atoms.